The third kappa shape index (κ3) is 4.02. The lowest BCUT2D eigenvalue weighted by atomic mass is 10.1. The van der Waals surface area contributed by atoms with Crippen molar-refractivity contribution in [2.45, 2.75) is 18.4 Å². The van der Waals surface area contributed by atoms with E-state index in [0.717, 1.165) is 16.1 Å². The summed E-state index contributed by atoms with van der Waals surface area (Å²) in [5.74, 6) is 0. The van der Waals surface area contributed by atoms with Crippen molar-refractivity contribution in [3.05, 3.63) is 62.7 Å². The van der Waals surface area contributed by atoms with Gasteiger partial charge in [-0.1, -0.05) is 23.2 Å². The Balaban J connectivity index is 2.08. The van der Waals surface area contributed by atoms with Crippen LogP contribution in [0.3, 0.4) is 0 Å². The zero-order chi connectivity index (χ0) is 18.9. The zero-order valence-corrected chi connectivity index (χ0v) is 16.7. The molecule has 3 rings (SSSR count). The molecule has 0 aliphatic heterocycles. The van der Waals surface area contributed by atoms with Crippen LogP contribution in [0.25, 0.3) is 11.3 Å². The minimum atomic E-state index is -4.22. The molecule has 0 unspecified atom stereocenters. The van der Waals surface area contributed by atoms with Crippen molar-refractivity contribution in [3.63, 3.8) is 0 Å². The van der Waals surface area contributed by atoms with Gasteiger partial charge in [0, 0.05) is 22.5 Å². The maximum atomic E-state index is 11.1. The van der Waals surface area contributed by atoms with Crippen LogP contribution in [-0.4, -0.2) is 17.5 Å². The average molecular weight is 429 g/mol. The summed E-state index contributed by atoms with van der Waals surface area (Å²) >= 11 is 13.8. The van der Waals surface area contributed by atoms with Crippen LogP contribution in [0.4, 0.5) is 5.69 Å². The third-order valence-corrected chi connectivity index (χ3v) is 5.97. The molecule has 0 saturated carbocycles. The van der Waals surface area contributed by atoms with Crippen molar-refractivity contribution in [2.24, 2.45) is 4.99 Å². The van der Waals surface area contributed by atoms with Gasteiger partial charge in [0.15, 0.2) is 4.80 Å². The van der Waals surface area contributed by atoms with E-state index in [0.29, 0.717) is 22.3 Å². The lowest BCUT2D eigenvalue weighted by Gasteiger charge is -2.08. The highest BCUT2D eigenvalue weighted by Gasteiger charge is 2.12. The van der Waals surface area contributed by atoms with Crippen LogP contribution < -0.4 is 4.80 Å². The summed E-state index contributed by atoms with van der Waals surface area (Å²) in [6, 6.07) is 11.0. The van der Waals surface area contributed by atoms with Crippen molar-refractivity contribution < 1.29 is 13.0 Å². The molecule has 3 aromatic rings. The molecule has 0 saturated heterocycles. The van der Waals surface area contributed by atoms with E-state index in [1.165, 1.54) is 35.6 Å². The molecule has 0 spiro atoms. The minimum Gasteiger partial charge on any atom is -0.317 e. The number of nitrogens with zero attached hydrogens (tertiary/aromatic N) is 2. The topological polar surface area (TPSA) is 71.7 Å². The van der Waals surface area contributed by atoms with E-state index in [9.17, 15) is 8.42 Å². The first kappa shape index (κ1) is 19.1. The molecule has 136 valence electrons. The number of halogens is 2. The smallest absolute Gasteiger partial charge is 0.294 e. The molecule has 0 radical (unpaired) electrons. The Bertz CT molecular complexity index is 1120. The summed E-state index contributed by atoms with van der Waals surface area (Å²) in [6.07, 6.45) is 0. The first-order valence-corrected chi connectivity index (χ1v) is 10.6. The van der Waals surface area contributed by atoms with Crippen molar-refractivity contribution in [3.8, 4) is 11.3 Å². The number of thiazole rings is 1. The number of rotatable bonds is 4. The maximum Gasteiger partial charge on any atom is 0.294 e. The Morgan fingerprint density at radius 1 is 1.15 bits per heavy atom. The Kier molecular flexibility index (Phi) is 5.55. The van der Waals surface area contributed by atoms with E-state index in [1.54, 1.807) is 12.1 Å². The van der Waals surface area contributed by atoms with Gasteiger partial charge in [0.25, 0.3) is 10.1 Å². The molecule has 0 atom stereocenters. The van der Waals surface area contributed by atoms with Crippen LogP contribution in [0.15, 0.2) is 57.7 Å². The highest BCUT2D eigenvalue weighted by Crippen LogP contribution is 2.31. The van der Waals surface area contributed by atoms with E-state index in [1.807, 2.05) is 22.9 Å². The molecule has 5 nitrogen and oxygen atoms in total. The molecule has 0 aliphatic carbocycles. The third-order valence-electron chi connectivity index (χ3n) is 3.68. The van der Waals surface area contributed by atoms with Crippen LogP contribution >= 0.6 is 34.5 Å². The van der Waals surface area contributed by atoms with Gasteiger partial charge in [-0.3, -0.25) is 4.55 Å². The molecular formula is C17H14Cl2N2O3S2. The molecule has 0 aliphatic rings. The Morgan fingerprint density at radius 2 is 1.85 bits per heavy atom. The molecule has 26 heavy (non-hydrogen) atoms. The molecule has 9 heteroatoms. The van der Waals surface area contributed by atoms with Gasteiger partial charge < -0.3 is 4.57 Å². The number of hydrogen-bond acceptors (Lipinski definition) is 4. The molecule has 0 fully saturated rings. The summed E-state index contributed by atoms with van der Waals surface area (Å²) in [5, 5.41) is 3.14. The lowest BCUT2D eigenvalue weighted by Crippen LogP contribution is -2.14. The summed E-state index contributed by atoms with van der Waals surface area (Å²) in [7, 11) is -4.22. The zero-order valence-electron chi connectivity index (χ0n) is 13.6. The fourth-order valence-corrected chi connectivity index (χ4v) is 4.29. The summed E-state index contributed by atoms with van der Waals surface area (Å²) in [5.41, 5.74) is 2.30. The highest BCUT2D eigenvalue weighted by atomic mass is 35.5. The quantitative estimate of drug-likeness (QED) is 0.592. The van der Waals surface area contributed by atoms with Crippen molar-refractivity contribution >= 4 is 50.3 Å². The Labute approximate surface area is 164 Å². The van der Waals surface area contributed by atoms with E-state index in [-0.39, 0.29) is 4.90 Å². The van der Waals surface area contributed by atoms with Crippen LogP contribution in [0.1, 0.15) is 6.92 Å². The number of aromatic nitrogens is 1. The van der Waals surface area contributed by atoms with E-state index in [2.05, 4.69) is 4.99 Å². The Hall–Kier alpha value is -1.64. The fraction of sp³-hybridized carbons (Fsp3) is 0.118. The van der Waals surface area contributed by atoms with Gasteiger partial charge in [0.2, 0.25) is 0 Å². The standard InChI is InChI=1S/C17H14Cl2N2O3S2/c1-2-21-16(14-9-11(18)3-8-15(14)19)10-25-17(21)20-12-4-6-13(7-5-12)26(22,23)24/h3-10H,2H2,1H3,(H,22,23,24)/b20-17-. The average Bonchev–Trinajstić information content (AvgIpc) is 2.99. The van der Waals surface area contributed by atoms with Crippen LogP contribution in [0.2, 0.25) is 10.0 Å². The van der Waals surface area contributed by atoms with Gasteiger partial charge in [-0.2, -0.15) is 8.42 Å². The van der Waals surface area contributed by atoms with Gasteiger partial charge in [-0.05, 0) is 49.4 Å². The molecule has 2 aromatic carbocycles. The molecular weight excluding hydrogens is 415 g/mol. The predicted octanol–water partition coefficient (Wildman–Crippen LogP) is 5.02. The van der Waals surface area contributed by atoms with Gasteiger partial charge >= 0.3 is 0 Å². The van der Waals surface area contributed by atoms with E-state index < -0.39 is 10.1 Å². The van der Waals surface area contributed by atoms with Gasteiger partial charge in [-0.25, -0.2) is 4.99 Å². The molecule has 0 bridgehead atoms. The second-order valence-electron chi connectivity index (χ2n) is 5.35. The second kappa shape index (κ2) is 7.54. The van der Waals surface area contributed by atoms with Gasteiger partial charge in [-0.15, -0.1) is 11.3 Å². The molecule has 0 amide bonds. The van der Waals surface area contributed by atoms with Crippen LogP contribution in [-0.2, 0) is 16.7 Å². The predicted molar refractivity (Wildman–Crippen MR) is 105 cm³/mol. The minimum absolute atomic E-state index is 0.169. The highest BCUT2D eigenvalue weighted by molar-refractivity contribution is 7.85. The lowest BCUT2D eigenvalue weighted by molar-refractivity contribution is 0.483. The number of hydrogen-bond donors (Lipinski definition) is 1. The fourth-order valence-electron chi connectivity index (χ4n) is 2.44. The summed E-state index contributed by atoms with van der Waals surface area (Å²) in [4.78, 5) is 5.13. The Morgan fingerprint density at radius 3 is 2.46 bits per heavy atom. The SMILES string of the molecule is CCn1c(-c2cc(Cl)ccc2Cl)cs/c1=N\c1ccc(S(=O)(=O)O)cc1. The van der Waals surface area contributed by atoms with E-state index >= 15 is 0 Å². The first-order valence-electron chi connectivity index (χ1n) is 7.55. The van der Waals surface area contributed by atoms with Crippen LogP contribution in [0.5, 0.6) is 0 Å². The maximum absolute atomic E-state index is 11.1. The molecule has 1 aromatic heterocycles. The number of benzene rings is 2. The van der Waals surface area contributed by atoms with Gasteiger partial charge in [0.05, 0.1) is 21.3 Å². The molecule has 1 N–H and O–H groups in total. The monoisotopic (exact) mass is 428 g/mol. The van der Waals surface area contributed by atoms with E-state index in [4.69, 9.17) is 27.8 Å². The van der Waals surface area contributed by atoms with Crippen molar-refractivity contribution in [1.29, 1.82) is 0 Å². The summed E-state index contributed by atoms with van der Waals surface area (Å²) < 4.78 is 33.3. The van der Waals surface area contributed by atoms with Crippen molar-refractivity contribution in [2.75, 3.05) is 0 Å². The first-order chi connectivity index (χ1) is 12.3. The normalized spacial score (nSPS) is 12.5. The van der Waals surface area contributed by atoms with Gasteiger partial charge in [0.1, 0.15) is 0 Å². The molecule has 1 heterocycles. The van der Waals surface area contributed by atoms with Crippen LogP contribution in [0, 0.1) is 0 Å². The largest absolute Gasteiger partial charge is 0.317 e. The van der Waals surface area contributed by atoms with Crippen molar-refractivity contribution in [1.82, 2.24) is 4.57 Å². The second-order valence-corrected chi connectivity index (χ2v) is 8.45. The summed E-state index contributed by atoms with van der Waals surface area (Å²) in [6.45, 7) is 2.67.